The summed E-state index contributed by atoms with van der Waals surface area (Å²) in [6.07, 6.45) is 1.09. The summed E-state index contributed by atoms with van der Waals surface area (Å²) < 4.78 is 5.24. The monoisotopic (exact) mass is 331 g/mol. The molecule has 1 aromatic carbocycles. The van der Waals surface area contributed by atoms with Crippen molar-refractivity contribution < 1.29 is 4.74 Å². The molecule has 0 bridgehead atoms. The quantitative estimate of drug-likeness (QED) is 0.604. The standard InChI is InChI=1S/C18H25N3OS/c1-14(10-17-8-5-9-23-17)12-20-18(19-2)21-13-15-6-4-7-16(11-15)22-3/h4-9,11,14H,10,12-13H2,1-3H3,(H2,19,20,21). The van der Waals surface area contributed by atoms with Crippen molar-refractivity contribution in [2.75, 3.05) is 20.7 Å². The van der Waals surface area contributed by atoms with Crippen molar-refractivity contribution in [2.24, 2.45) is 10.9 Å². The number of rotatable bonds is 7. The molecule has 124 valence electrons. The maximum atomic E-state index is 5.24. The summed E-state index contributed by atoms with van der Waals surface area (Å²) in [5.74, 6) is 2.26. The van der Waals surface area contributed by atoms with Gasteiger partial charge in [0.1, 0.15) is 5.75 Å². The second-order valence-corrected chi connectivity index (χ2v) is 6.58. The Kier molecular flexibility index (Phi) is 6.94. The molecule has 0 saturated carbocycles. The van der Waals surface area contributed by atoms with Crippen LogP contribution in [0.15, 0.2) is 46.8 Å². The summed E-state index contributed by atoms with van der Waals surface area (Å²) in [5.41, 5.74) is 1.17. The highest BCUT2D eigenvalue weighted by molar-refractivity contribution is 7.09. The van der Waals surface area contributed by atoms with Crippen LogP contribution in [-0.4, -0.2) is 26.7 Å². The van der Waals surface area contributed by atoms with Crippen LogP contribution in [0.5, 0.6) is 5.75 Å². The Morgan fingerprint density at radius 1 is 1.26 bits per heavy atom. The molecule has 1 unspecified atom stereocenters. The first kappa shape index (κ1) is 17.3. The van der Waals surface area contributed by atoms with Crippen LogP contribution in [0.1, 0.15) is 17.4 Å². The van der Waals surface area contributed by atoms with E-state index < -0.39 is 0 Å². The molecule has 1 atom stereocenters. The first-order chi connectivity index (χ1) is 11.2. The van der Waals surface area contributed by atoms with Crippen LogP contribution < -0.4 is 15.4 Å². The van der Waals surface area contributed by atoms with Crippen molar-refractivity contribution in [3.63, 3.8) is 0 Å². The second-order valence-electron chi connectivity index (χ2n) is 5.55. The lowest BCUT2D eigenvalue weighted by atomic mass is 10.1. The maximum absolute atomic E-state index is 5.24. The van der Waals surface area contributed by atoms with Gasteiger partial charge >= 0.3 is 0 Å². The summed E-state index contributed by atoms with van der Waals surface area (Å²) >= 11 is 1.82. The Balaban J connectivity index is 1.76. The normalized spacial score (nSPS) is 12.7. The zero-order valence-electron chi connectivity index (χ0n) is 14.0. The number of benzene rings is 1. The average Bonchev–Trinajstić information content (AvgIpc) is 3.08. The fourth-order valence-electron chi connectivity index (χ4n) is 2.30. The molecule has 0 aliphatic heterocycles. The lowest BCUT2D eigenvalue weighted by Crippen LogP contribution is -2.39. The zero-order chi connectivity index (χ0) is 16.5. The van der Waals surface area contributed by atoms with E-state index in [2.05, 4.69) is 46.1 Å². The Labute approximate surface area is 142 Å². The van der Waals surface area contributed by atoms with Gasteiger partial charge in [-0.2, -0.15) is 0 Å². The van der Waals surface area contributed by atoms with E-state index in [1.165, 1.54) is 10.4 Å². The van der Waals surface area contributed by atoms with Gasteiger partial charge in [-0.25, -0.2) is 0 Å². The first-order valence-electron chi connectivity index (χ1n) is 7.81. The number of ether oxygens (including phenoxy) is 1. The van der Waals surface area contributed by atoms with Crippen LogP contribution in [0, 0.1) is 5.92 Å². The summed E-state index contributed by atoms with van der Waals surface area (Å²) in [7, 11) is 3.48. The topological polar surface area (TPSA) is 45.7 Å². The number of methoxy groups -OCH3 is 1. The third kappa shape index (κ3) is 5.94. The smallest absolute Gasteiger partial charge is 0.191 e. The van der Waals surface area contributed by atoms with Gasteiger partial charge in [-0.1, -0.05) is 25.1 Å². The highest BCUT2D eigenvalue weighted by Crippen LogP contribution is 2.14. The van der Waals surface area contributed by atoms with Gasteiger partial charge in [-0.05, 0) is 41.5 Å². The summed E-state index contributed by atoms with van der Waals surface area (Å²) in [6, 6.07) is 12.3. The van der Waals surface area contributed by atoms with Crippen LogP contribution >= 0.6 is 11.3 Å². The number of guanidine groups is 1. The molecular formula is C18H25N3OS. The third-order valence-corrected chi connectivity index (χ3v) is 4.46. The molecule has 4 nitrogen and oxygen atoms in total. The summed E-state index contributed by atoms with van der Waals surface area (Å²) in [6.45, 7) is 3.87. The molecule has 1 heterocycles. The van der Waals surface area contributed by atoms with E-state index in [1.54, 1.807) is 14.2 Å². The maximum Gasteiger partial charge on any atom is 0.191 e. The van der Waals surface area contributed by atoms with Gasteiger partial charge in [-0.3, -0.25) is 4.99 Å². The molecule has 2 rings (SSSR count). The molecule has 0 amide bonds. The zero-order valence-corrected chi connectivity index (χ0v) is 14.8. The van der Waals surface area contributed by atoms with Gasteiger partial charge in [0.2, 0.25) is 0 Å². The molecule has 0 fully saturated rings. The highest BCUT2D eigenvalue weighted by Gasteiger charge is 2.06. The molecule has 0 aliphatic carbocycles. The van der Waals surface area contributed by atoms with Crippen molar-refractivity contribution in [1.82, 2.24) is 10.6 Å². The molecule has 5 heteroatoms. The van der Waals surface area contributed by atoms with Crippen molar-refractivity contribution >= 4 is 17.3 Å². The van der Waals surface area contributed by atoms with Crippen LogP contribution in [0.4, 0.5) is 0 Å². The van der Waals surface area contributed by atoms with Gasteiger partial charge in [0, 0.05) is 25.0 Å². The highest BCUT2D eigenvalue weighted by atomic mass is 32.1. The SMILES string of the molecule is CN=C(NCc1cccc(OC)c1)NCC(C)Cc1cccs1. The minimum atomic E-state index is 0.559. The molecule has 23 heavy (non-hydrogen) atoms. The third-order valence-electron chi connectivity index (χ3n) is 3.57. The average molecular weight is 331 g/mol. The van der Waals surface area contributed by atoms with Gasteiger partial charge in [0.05, 0.1) is 7.11 Å². The number of aliphatic imine (C=N–C) groups is 1. The van der Waals surface area contributed by atoms with Gasteiger partial charge in [0.25, 0.3) is 0 Å². The number of hydrogen-bond donors (Lipinski definition) is 2. The number of thiophene rings is 1. The Morgan fingerprint density at radius 2 is 2.13 bits per heavy atom. The van der Waals surface area contributed by atoms with Crippen LogP contribution in [0.2, 0.25) is 0 Å². The van der Waals surface area contributed by atoms with E-state index in [1.807, 2.05) is 29.5 Å². The predicted octanol–water partition coefficient (Wildman–Crippen LogP) is 3.30. The van der Waals surface area contributed by atoms with E-state index in [-0.39, 0.29) is 0 Å². The molecular weight excluding hydrogens is 306 g/mol. The van der Waals surface area contributed by atoms with Crippen LogP contribution in [0.25, 0.3) is 0 Å². The predicted molar refractivity (Wildman–Crippen MR) is 98.4 cm³/mol. The lowest BCUT2D eigenvalue weighted by molar-refractivity contribution is 0.414. The van der Waals surface area contributed by atoms with Crippen LogP contribution in [0.3, 0.4) is 0 Å². The van der Waals surface area contributed by atoms with Gasteiger partial charge in [0.15, 0.2) is 5.96 Å². The van der Waals surface area contributed by atoms with Crippen molar-refractivity contribution in [2.45, 2.75) is 19.9 Å². The number of nitrogens with one attached hydrogen (secondary N) is 2. The minimum absolute atomic E-state index is 0.559. The summed E-state index contributed by atoms with van der Waals surface area (Å²) in [4.78, 5) is 5.71. The van der Waals surface area contributed by atoms with Crippen LogP contribution in [-0.2, 0) is 13.0 Å². The lowest BCUT2D eigenvalue weighted by Gasteiger charge is -2.16. The van der Waals surface area contributed by atoms with Crippen molar-refractivity contribution in [3.05, 3.63) is 52.2 Å². The summed E-state index contributed by atoms with van der Waals surface area (Å²) in [5, 5.41) is 8.86. The van der Waals surface area contributed by atoms with E-state index >= 15 is 0 Å². The van der Waals surface area contributed by atoms with E-state index in [4.69, 9.17) is 4.74 Å². The molecule has 0 spiro atoms. The first-order valence-corrected chi connectivity index (χ1v) is 8.69. The largest absolute Gasteiger partial charge is 0.497 e. The minimum Gasteiger partial charge on any atom is -0.497 e. The van der Waals surface area contributed by atoms with Crippen molar-refractivity contribution in [3.8, 4) is 5.75 Å². The van der Waals surface area contributed by atoms with E-state index in [9.17, 15) is 0 Å². The Bertz CT molecular complexity index is 610. The van der Waals surface area contributed by atoms with Gasteiger partial charge in [-0.15, -0.1) is 11.3 Å². The molecule has 2 aromatic rings. The molecule has 2 N–H and O–H groups in total. The Morgan fingerprint density at radius 3 is 2.83 bits per heavy atom. The van der Waals surface area contributed by atoms with Gasteiger partial charge < -0.3 is 15.4 Å². The fourth-order valence-corrected chi connectivity index (χ4v) is 3.17. The Hall–Kier alpha value is -2.01. The van der Waals surface area contributed by atoms with Crippen molar-refractivity contribution in [1.29, 1.82) is 0 Å². The second kappa shape index (κ2) is 9.20. The number of hydrogen-bond acceptors (Lipinski definition) is 3. The number of nitrogens with zero attached hydrogens (tertiary/aromatic N) is 1. The van der Waals surface area contributed by atoms with E-state index in [0.29, 0.717) is 5.92 Å². The van der Waals surface area contributed by atoms with E-state index in [0.717, 1.165) is 31.2 Å². The molecule has 0 saturated heterocycles. The molecule has 1 aromatic heterocycles. The molecule has 0 aliphatic rings. The fraction of sp³-hybridized carbons (Fsp3) is 0.389. The molecule has 0 radical (unpaired) electrons.